The number of rotatable bonds is 7. The second kappa shape index (κ2) is 9.89. The first kappa shape index (κ1) is 21.9. The number of aryl methyl sites for hydroxylation is 3. The summed E-state index contributed by atoms with van der Waals surface area (Å²) in [6, 6.07) is 11.8. The molecule has 5 rings (SSSR count). The average molecular weight is 477 g/mol. The molecule has 8 heteroatoms. The first-order valence-corrected chi connectivity index (χ1v) is 12.9. The number of carbonyl (C=O) groups is 1. The third-order valence-corrected chi connectivity index (χ3v) is 8.07. The van der Waals surface area contributed by atoms with Crippen molar-refractivity contribution in [2.24, 2.45) is 0 Å². The molecule has 1 aromatic carbocycles. The molecule has 0 spiro atoms. The molecule has 0 unspecified atom stereocenters. The van der Waals surface area contributed by atoms with Gasteiger partial charge in [-0.25, -0.2) is 4.98 Å². The Kier molecular flexibility index (Phi) is 6.55. The maximum atomic E-state index is 13.0. The van der Waals surface area contributed by atoms with Crippen molar-refractivity contribution in [2.45, 2.75) is 49.3 Å². The molecule has 1 aliphatic rings. The van der Waals surface area contributed by atoms with Gasteiger partial charge in [-0.1, -0.05) is 6.07 Å². The number of hydrogen-bond acceptors (Lipinski definition) is 6. The lowest BCUT2D eigenvalue weighted by atomic mass is 9.97. The summed E-state index contributed by atoms with van der Waals surface area (Å²) < 4.78 is 1.57. The number of thioether (sulfide) groups is 1. The van der Waals surface area contributed by atoms with E-state index in [-0.39, 0.29) is 17.9 Å². The number of thiophene rings is 1. The van der Waals surface area contributed by atoms with Crippen LogP contribution in [0.5, 0.6) is 0 Å². The van der Waals surface area contributed by atoms with E-state index in [1.807, 2.05) is 36.5 Å². The Morgan fingerprint density at radius 3 is 2.82 bits per heavy atom. The van der Waals surface area contributed by atoms with Crippen molar-refractivity contribution < 1.29 is 4.79 Å². The van der Waals surface area contributed by atoms with Crippen LogP contribution in [0.2, 0.25) is 0 Å². The summed E-state index contributed by atoms with van der Waals surface area (Å²) >= 11 is 3.37. The Morgan fingerprint density at radius 1 is 1.15 bits per heavy atom. The van der Waals surface area contributed by atoms with Crippen LogP contribution in [0.25, 0.3) is 10.2 Å². The molecule has 4 aromatic rings. The van der Waals surface area contributed by atoms with E-state index in [0.717, 1.165) is 45.8 Å². The minimum absolute atomic E-state index is 0.0257. The lowest BCUT2D eigenvalue weighted by molar-refractivity contribution is -0.116. The topological polar surface area (TPSA) is 76.9 Å². The molecule has 0 fully saturated rings. The van der Waals surface area contributed by atoms with Crippen LogP contribution in [0, 0.1) is 0 Å². The molecule has 3 aromatic heterocycles. The van der Waals surface area contributed by atoms with Crippen molar-refractivity contribution in [3.8, 4) is 0 Å². The second-order valence-corrected chi connectivity index (χ2v) is 10.2. The molecule has 0 saturated carbocycles. The highest BCUT2D eigenvalue weighted by Crippen LogP contribution is 2.33. The van der Waals surface area contributed by atoms with Crippen LogP contribution in [-0.2, 0) is 29.9 Å². The predicted molar refractivity (Wildman–Crippen MR) is 134 cm³/mol. The minimum atomic E-state index is -0.120. The first-order valence-electron chi connectivity index (χ1n) is 11.1. The van der Waals surface area contributed by atoms with Gasteiger partial charge in [0, 0.05) is 46.6 Å². The molecule has 1 aliphatic carbocycles. The van der Waals surface area contributed by atoms with Crippen LogP contribution in [0.1, 0.15) is 35.3 Å². The van der Waals surface area contributed by atoms with E-state index in [1.165, 1.54) is 22.4 Å². The second-order valence-electron chi connectivity index (χ2n) is 8.11. The fourth-order valence-electron chi connectivity index (χ4n) is 4.07. The fraction of sp³-hybridized carbons (Fsp3) is 0.280. The van der Waals surface area contributed by atoms with Crippen molar-refractivity contribution >= 4 is 44.9 Å². The standard InChI is InChI=1S/C25H24N4O2S2/c30-22(28-18-7-9-19(10-8-18)32-15-17-4-3-12-26-14-17)11-13-29-16-27-24-23(25(29)31)20-5-1-2-6-21(20)33-24/h3-4,7-10,12,14,16H,1-2,5-6,11,13,15H2,(H,28,30). The maximum Gasteiger partial charge on any atom is 0.262 e. The van der Waals surface area contributed by atoms with Crippen LogP contribution in [0.15, 0.2) is 64.8 Å². The van der Waals surface area contributed by atoms with Crippen molar-refractivity contribution in [1.82, 2.24) is 14.5 Å². The molecule has 0 atom stereocenters. The van der Waals surface area contributed by atoms with Crippen LogP contribution in [0.4, 0.5) is 5.69 Å². The smallest absolute Gasteiger partial charge is 0.262 e. The number of nitrogens with zero attached hydrogens (tertiary/aromatic N) is 3. The summed E-state index contributed by atoms with van der Waals surface area (Å²) in [6.45, 7) is 0.317. The molecule has 3 heterocycles. The average Bonchev–Trinajstić information content (AvgIpc) is 3.23. The summed E-state index contributed by atoms with van der Waals surface area (Å²) in [7, 11) is 0. The van der Waals surface area contributed by atoms with Crippen LogP contribution in [0.3, 0.4) is 0 Å². The summed E-state index contributed by atoms with van der Waals surface area (Å²) in [5.74, 6) is 0.727. The number of pyridine rings is 1. The molecule has 33 heavy (non-hydrogen) atoms. The van der Waals surface area contributed by atoms with E-state index in [2.05, 4.69) is 21.4 Å². The monoisotopic (exact) mass is 476 g/mol. The Morgan fingerprint density at radius 2 is 2.00 bits per heavy atom. The molecule has 1 amide bonds. The van der Waals surface area contributed by atoms with Crippen molar-refractivity contribution in [3.63, 3.8) is 0 Å². The van der Waals surface area contributed by atoms with Gasteiger partial charge in [-0.15, -0.1) is 23.1 Å². The molecule has 0 radical (unpaired) electrons. The zero-order valence-electron chi connectivity index (χ0n) is 18.1. The lowest BCUT2D eigenvalue weighted by Crippen LogP contribution is -2.24. The molecular formula is C25H24N4O2S2. The third kappa shape index (κ3) is 5.02. The van der Waals surface area contributed by atoms with Gasteiger partial charge in [-0.05, 0) is 67.1 Å². The number of amides is 1. The van der Waals surface area contributed by atoms with E-state index < -0.39 is 0 Å². The zero-order valence-corrected chi connectivity index (χ0v) is 19.8. The molecular weight excluding hydrogens is 452 g/mol. The van der Waals surface area contributed by atoms with Crippen LogP contribution >= 0.6 is 23.1 Å². The third-order valence-electron chi connectivity index (χ3n) is 5.79. The highest BCUT2D eigenvalue weighted by molar-refractivity contribution is 7.98. The number of hydrogen-bond donors (Lipinski definition) is 1. The summed E-state index contributed by atoms with van der Waals surface area (Å²) in [5, 5.41) is 3.68. The van der Waals surface area contributed by atoms with E-state index in [1.54, 1.807) is 40.2 Å². The quantitative estimate of drug-likeness (QED) is 0.378. The summed E-state index contributed by atoms with van der Waals surface area (Å²) in [6.07, 6.45) is 9.73. The van der Waals surface area contributed by atoms with Gasteiger partial charge in [0.15, 0.2) is 0 Å². The van der Waals surface area contributed by atoms with Gasteiger partial charge in [0.1, 0.15) is 4.83 Å². The maximum absolute atomic E-state index is 13.0. The van der Waals surface area contributed by atoms with Crippen molar-refractivity contribution in [3.05, 3.63) is 81.5 Å². The van der Waals surface area contributed by atoms with Gasteiger partial charge in [0.25, 0.3) is 5.56 Å². The number of nitrogens with one attached hydrogen (secondary N) is 1. The van der Waals surface area contributed by atoms with E-state index >= 15 is 0 Å². The fourth-order valence-corrected chi connectivity index (χ4v) is 6.12. The minimum Gasteiger partial charge on any atom is -0.326 e. The van der Waals surface area contributed by atoms with Gasteiger partial charge < -0.3 is 5.32 Å². The summed E-state index contributed by atoms with van der Waals surface area (Å²) in [4.78, 5) is 37.4. The van der Waals surface area contributed by atoms with Gasteiger partial charge in [0.2, 0.25) is 5.91 Å². The Hall–Kier alpha value is -2.97. The molecule has 0 aliphatic heterocycles. The Labute approximate surface area is 200 Å². The van der Waals surface area contributed by atoms with Gasteiger partial charge in [0.05, 0.1) is 11.7 Å². The predicted octanol–water partition coefficient (Wildman–Crippen LogP) is 5.05. The molecule has 168 valence electrons. The van der Waals surface area contributed by atoms with Gasteiger partial charge >= 0.3 is 0 Å². The van der Waals surface area contributed by atoms with E-state index in [9.17, 15) is 9.59 Å². The Balaban J connectivity index is 1.18. The number of carbonyl (C=O) groups excluding carboxylic acids is 1. The normalized spacial score (nSPS) is 13.1. The van der Waals surface area contributed by atoms with Crippen molar-refractivity contribution in [2.75, 3.05) is 5.32 Å². The van der Waals surface area contributed by atoms with Crippen LogP contribution < -0.4 is 10.9 Å². The molecule has 6 nitrogen and oxygen atoms in total. The largest absolute Gasteiger partial charge is 0.326 e. The molecule has 0 saturated heterocycles. The Bertz CT molecular complexity index is 1330. The number of fused-ring (bicyclic) bond motifs is 3. The molecule has 1 N–H and O–H groups in total. The van der Waals surface area contributed by atoms with Gasteiger partial charge in [-0.2, -0.15) is 0 Å². The number of benzene rings is 1. The van der Waals surface area contributed by atoms with Gasteiger partial charge in [-0.3, -0.25) is 19.1 Å². The first-order chi connectivity index (χ1) is 16.2. The highest BCUT2D eigenvalue weighted by Gasteiger charge is 2.20. The van der Waals surface area contributed by atoms with E-state index in [4.69, 9.17) is 0 Å². The van der Waals surface area contributed by atoms with Crippen molar-refractivity contribution in [1.29, 1.82) is 0 Å². The van der Waals surface area contributed by atoms with E-state index in [0.29, 0.717) is 6.54 Å². The SMILES string of the molecule is O=C(CCn1cnc2sc3c(c2c1=O)CCCC3)Nc1ccc(SCc2cccnc2)cc1. The zero-order chi connectivity index (χ0) is 22.6. The molecule has 0 bridgehead atoms. The highest BCUT2D eigenvalue weighted by atomic mass is 32.2. The number of aromatic nitrogens is 3. The number of anilines is 1. The van der Waals surface area contributed by atoms with Crippen LogP contribution in [-0.4, -0.2) is 20.4 Å². The lowest BCUT2D eigenvalue weighted by Gasteiger charge is -2.10. The summed E-state index contributed by atoms with van der Waals surface area (Å²) in [5.41, 5.74) is 3.07.